The SMILES string of the molecule is C=Cc1ccc(NC(=O)C2(c3ccc4c(c3)OCO4)CC2)cc1-c1ccc(S(=O)(=O)N(C)C)cc1. The summed E-state index contributed by atoms with van der Waals surface area (Å²) in [6.45, 7) is 4.09. The van der Waals surface area contributed by atoms with Crippen LogP contribution in [0.4, 0.5) is 5.69 Å². The number of rotatable bonds is 7. The van der Waals surface area contributed by atoms with Gasteiger partial charge in [0.15, 0.2) is 11.5 Å². The van der Waals surface area contributed by atoms with E-state index < -0.39 is 15.4 Å². The molecule has 0 atom stereocenters. The van der Waals surface area contributed by atoms with Crippen molar-refractivity contribution in [1.29, 1.82) is 0 Å². The van der Waals surface area contributed by atoms with E-state index in [0.29, 0.717) is 17.2 Å². The molecule has 1 N–H and O–H groups in total. The maximum atomic E-state index is 13.3. The van der Waals surface area contributed by atoms with Crippen molar-refractivity contribution in [3.63, 3.8) is 0 Å². The van der Waals surface area contributed by atoms with Gasteiger partial charge in [-0.15, -0.1) is 0 Å². The largest absolute Gasteiger partial charge is 0.454 e. The van der Waals surface area contributed by atoms with Crippen LogP contribution in [-0.2, 0) is 20.2 Å². The molecule has 0 radical (unpaired) electrons. The number of hydrogen-bond donors (Lipinski definition) is 1. The lowest BCUT2D eigenvalue weighted by Crippen LogP contribution is -2.27. The third-order valence-corrected chi connectivity index (χ3v) is 8.41. The standard InChI is InChI=1S/C27H26N2O5S/c1-4-18-5-9-21(16-23(18)19-6-10-22(11-7-19)35(31,32)29(2)3)28-26(30)27(13-14-27)20-8-12-24-25(15-20)34-17-33-24/h4-12,15-16H,1,13-14,17H2,2-3H3,(H,28,30). The third kappa shape index (κ3) is 4.09. The molecule has 0 spiro atoms. The van der Waals surface area contributed by atoms with Crippen LogP contribution >= 0.6 is 0 Å². The monoisotopic (exact) mass is 490 g/mol. The second-order valence-electron chi connectivity index (χ2n) is 8.92. The molecule has 0 bridgehead atoms. The lowest BCUT2D eigenvalue weighted by atomic mass is 9.94. The molecule has 0 unspecified atom stereocenters. The van der Waals surface area contributed by atoms with Crippen LogP contribution in [0.5, 0.6) is 11.5 Å². The molecule has 1 aliphatic heterocycles. The molecular formula is C27H26N2O5S. The number of amides is 1. The number of fused-ring (bicyclic) bond motifs is 1. The maximum Gasteiger partial charge on any atom is 0.242 e. The highest BCUT2D eigenvalue weighted by Gasteiger charge is 2.51. The van der Waals surface area contributed by atoms with Gasteiger partial charge in [-0.25, -0.2) is 12.7 Å². The van der Waals surface area contributed by atoms with E-state index in [1.54, 1.807) is 30.3 Å². The van der Waals surface area contributed by atoms with Gasteiger partial charge in [-0.2, -0.15) is 0 Å². The zero-order valence-electron chi connectivity index (χ0n) is 19.6. The molecule has 5 rings (SSSR count). The molecule has 1 heterocycles. The van der Waals surface area contributed by atoms with Gasteiger partial charge in [-0.3, -0.25) is 4.79 Å². The summed E-state index contributed by atoms with van der Waals surface area (Å²) in [5.41, 5.74) is 3.54. The fourth-order valence-corrected chi connectivity index (χ4v) is 5.20. The highest BCUT2D eigenvalue weighted by Crippen LogP contribution is 2.51. The number of anilines is 1. The van der Waals surface area contributed by atoms with Crippen molar-refractivity contribution in [1.82, 2.24) is 4.31 Å². The summed E-state index contributed by atoms with van der Waals surface area (Å²) in [6, 6.07) is 18.0. The van der Waals surface area contributed by atoms with Crippen LogP contribution in [0.2, 0.25) is 0 Å². The van der Waals surface area contributed by atoms with E-state index >= 15 is 0 Å². The van der Waals surface area contributed by atoms with Crippen LogP contribution in [0.25, 0.3) is 17.2 Å². The van der Waals surface area contributed by atoms with E-state index in [9.17, 15) is 13.2 Å². The van der Waals surface area contributed by atoms with E-state index in [2.05, 4.69) is 11.9 Å². The Morgan fingerprint density at radius 1 is 1.00 bits per heavy atom. The number of nitrogens with one attached hydrogen (secondary N) is 1. The Kier molecular flexibility index (Phi) is 5.65. The quantitative estimate of drug-likeness (QED) is 0.521. The third-order valence-electron chi connectivity index (χ3n) is 6.58. The first-order valence-corrected chi connectivity index (χ1v) is 12.7. The van der Waals surface area contributed by atoms with Gasteiger partial charge in [0.25, 0.3) is 0 Å². The Bertz CT molecular complexity index is 1420. The van der Waals surface area contributed by atoms with Gasteiger partial charge in [0, 0.05) is 19.8 Å². The molecule has 2 aliphatic rings. The average Bonchev–Trinajstić information content (AvgIpc) is 3.54. The molecule has 1 amide bonds. The first-order valence-electron chi connectivity index (χ1n) is 11.3. The lowest BCUT2D eigenvalue weighted by molar-refractivity contribution is -0.118. The molecule has 0 saturated heterocycles. The van der Waals surface area contributed by atoms with E-state index in [0.717, 1.165) is 35.1 Å². The van der Waals surface area contributed by atoms with Crippen LogP contribution in [0.3, 0.4) is 0 Å². The molecule has 3 aromatic rings. The summed E-state index contributed by atoms with van der Waals surface area (Å²) in [5.74, 6) is 1.29. The summed E-state index contributed by atoms with van der Waals surface area (Å²) >= 11 is 0. The predicted molar refractivity (Wildman–Crippen MR) is 135 cm³/mol. The van der Waals surface area contributed by atoms with Gasteiger partial charge in [-0.05, 0) is 71.5 Å². The van der Waals surface area contributed by atoms with Gasteiger partial charge in [0.05, 0.1) is 10.3 Å². The van der Waals surface area contributed by atoms with Gasteiger partial charge >= 0.3 is 0 Å². The minimum Gasteiger partial charge on any atom is -0.454 e. The first-order chi connectivity index (χ1) is 16.7. The van der Waals surface area contributed by atoms with Crippen LogP contribution in [0, 0.1) is 0 Å². The first kappa shape index (κ1) is 23.1. The van der Waals surface area contributed by atoms with Gasteiger partial charge in [0.1, 0.15) is 0 Å². The zero-order valence-corrected chi connectivity index (χ0v) is 20.4. The molecule has 8 heteroatoms. The molecule has 0 aromatic heterocycles. The fraction of sp³-hybridized carbons (Fsp3) is 0.222. The average molecular weight is 491 g/mol. The molecule has 180 valence electrons. The highest BCUT2D eigenvalue weighted by molar-refractivity contribution is 7.89. The molecular weight excluding hydrogens is 464 g/mol. The van der Waals surface area contributed by atoms with Crippen molar-refractivity contribution in [2.45, 2.75) is 23.2 Å². The molecule has 7 nitrogen and oxygen atoms in total. The summed E-state index contributed by atoms with van der Waals surface area (Å²) in [5, 5.41) is 3.08. The van der Waals surface area contributed by atoms with Crippen LogP contribution < -0.4 is 14.8 Å². The highest BCUT2D eigenvalue weighted by atomic mass is 32.2. The second-order valence-corrected chi connectivity index (χ2v) is 11.1. The van der Waals surface area contributed by atoms with Crippen molar-refractivity contribution in [3.8, 4) is 22.6 Å². The topological polar surface area (TPSA) is 84.9 Å². The van der Waals surface area contributed by atoms with Gasteiger partial charge in [-0.1, -0.05) is 36.9 Å². The van der Waals surface area contributed by atoms with Gasteiger partial charge in [0.2, 0.25) is 22.7 Å². The van der Waals surface area contributed by atoms with E-state index in [1.807, 2.05) is 36.4 Å². The van der Waals surface area contributed by atoms with Crippen molar-refractivity contribution in [2.24, 2.45) is 0 Å². The summed E-state index contributed by atoms with van der Waals surface area (Å²) < 4.78 is 36.9. The predicted octanol–water partition coefficient (Wildman–Crippen LogP) is 4.65. The summed E-state index contributed by atoms with van der Waals surface area (Å²) in [6.07, 6.45) is 3.26. The van der Waals surface area contributed by atoms with Crippen molar-refractivity contribution >= 4 is 27.7 Å². The Hall–Kier alpha value is -3.62. The molecule has 3 aromatic carbocycles. The van der Waals surface area contributed by atoms with Crippen LogP contribution in [-0.4, -0.2) is 39.5 Å². The number of nitrogens with zero attached hydrogens (tertiary/aromatic N) is 1. The minimum absolute atomic E-state index is 0.0684. The normalized spacial score (nSPS) is 15.6. The van der Waals surface area contributed by atoms with Crippen molar-refractivity contribution in [3.05, 3.63) is 78.4 Å². The number of benzene rings is 3. The van der Waals surface area contributed by atoms with E-state index in [-0.39, 0.29) is 17.6 Å². The van der Waals surface area contributed by atoms with Crippen molar-refractivity contribution in [2.75, 3.05) is 26.2 Å². The fourth-order valence-electron chi connectivity index (χ4n) is 4.30. The number of ether oxygens (including phenoxy) is 2. The molecule has 1 fully saturated rings. The zero-order chi connectivity index (χ0) is 24.8. The van der Waals surface area contributed by atoms with Crippen LogP contribution in [0.15, 0.2) is 72.1 Å². The van der Waals surface area contributed by atoms with E-state index in [1.165, 1.54) is 18.4 Å². The Labute approximate surface area is 205 Å². The van der Waals surface area contributed by atoms with Crippen molar-refractivity contribution < 1.29 is 22.7 Å². The maximum absolute atomic E-state index is 13.3. The summed E-state index contributed by atoms with van der Waals surface area (Å²) in [4.78, 5) is 13.6. The Morgan fingerprint density at radius 2 is 1.71 bits per heavy atom. The smallest absolute Gasteiger partial charge is 0.242 e. The number of carbonyl (C=O) groups is 1. The Morgan fingerprint density at radius 3 is 2.37 bits per heavy atom. The molecule has 1 aliphatic carbocycles. The van der Waals surface area contributed by atoms with Crippen LogP contribution in [0.1, 0.15) is 24.0 Å². The van der Waals surface area contributed by atoms with Gasteiger partial charge < -0.3 is 14.8 Å². The lowest BCUT2D eigenvalue weighted by Gasteiger charge is -2.18. The summed E-state index contributed by atoms with van der Waals surface area (Å²) in [7, 11) is -0.513. The number of hydrogen-bond acceptors (Lipinski definition) is 5. The minimum atomic E-state index is -3.52. The van der Waals surface area contributed by atoms with E-state index in [4.69, 9.17) is 9.47 Å². The molecule has 1 saturated carbocycles. The molecule has 35 heavy (non-hydrogen) atoms. The number of carbonyl (C=O) groups excluding carboxylic acids is 1. The Balaban J connectivity index is 1.41. The number of sulfonamides is 1. The second kappa shape index (κ2) is 8.55.